The third-order valence-corrected chi connectivity index (χ3v) is 5.17. The molecular formula is C15H23NS. The topological polar surface area (TPSA) is 26.0 Å². The van der Waals surface area contributed by atoms with E-state index >= 15 is 0 Å². The van der Waals surface area contributed by atoms with Crippen molar-refractivity contribution in [3.63, 3.8) is 0 Å². The molecule has 0 saturated heterocycles. The van der Waals surface area contributed by atoms with E-state index < -0.39 is 0 Å². The van der Waals surface area contributed by atoms with E-state index in [2.05, 4.69) is 32.9 Å². The zero-order valence-corrected chi connectivity index (χ0v) is 11.9. The highest BCUT2D eigenvalue weighted by Crippen LogP contribution is 2.40. The van der Waals surface area contributed by atoms with Gasteiger partial charge in [-0.25, -0.2) is 0 Å². The molecule has 17 heavy (non-hydrogen) atoms. The van der Waals surface area contributed by atoms with Gasteiger partial charge in [-0.15, -0.1) is 11.8 Å². The Balaban J connectivity index is 2.07. The van der Waals surface area contributed by atoms with Gasteiger partial charge in [0.2, 0.25) is 0 Å². The first-order valence-electron chi connectivity index (χ1n) is 6.58. The number of hydrogen-bond donors (Lipinski definition) is 1. The molecule has 2 unspecified atom stereocenters. The average molecular weight is 249 g/mol. The Morgan fingerprint density at radius 2 is 1.76 bits per heavy atom. The third-order valence-electron chi connectivity index (χ3n) is 3.75. The van der Waals surface area contributed by atoms with Gasteiger partial charge in [0.15, 0.2) is 0 Å². The molecule has 0 bridgehead atoms. The van der Waals surface area contributed by atoms with Crippen LogP contribution in [-0.4, -0.2) is 5.25 Å². The van der Waals surface area contributed by atoms with Gasteiger partial charge in [-0.05, 0) is 55.7 Å². The van der Waals surface area contributed by atoms with Gasteiger partial charge in [-0.2, -0.15) is 0 Å². The fourth-order valence-corrected chi connectivity index (χ4v) is 4.57. The molecule has 0 amide bonds. The maximum absolute atomic E-state index is 5.97. The molecule has 2 N–H and O–H groups in total. The largest absolute Gasteiger partial charge is 0.398 e. The summed E-state index contributed by atoms with van der Waals surface area (Å²) in [4.78, 5) is 1.37. The van der Waals surface area contributed by atoms with Gasteiger partial charge < -0.3 is 5.73 Å². The minimum Gasteiger partial charge on any atom is -0.398 e. The molecule has 0 spiro atoms. The lowest BCUT2D eigenvalue weighted by atomic mass is 9.83. The lowest BCUT2D eigenvalue weighted by Gasteiger charge is -2.31. The molecule has 1 aliphatic carbocycles. The molecule has 1 fully saturated rings. The molecular weight excluding hydrogens is 226 g/mol. The zero-order valence-electron chi connectivity index (χ0n) is 11.1. The number of rotatable bonds is 2. The van der Waals surface area contributed by atoms with Crippen LogP contribution in [0.3, 0.4) is 0 Å². The SMILES string of the molecule is Cc1c(N)cccc1SC1CC(C)CC(C)C1. The van der Waals surface area contributed by atoms with Crippen LogP contribution in [0.2, 0.25) is 0 Å². The van der Waals surface area contributed by atoms with Crippen molar-refractivity contribution < 1.29 is 0 Å². The first-order valence-corrected chi connectivity index (χ1v) is 7.46. The van der Waals surface area contributed by atoms with Gasteiger partial charge >= 0.3 is 0 Å². The minimum atomic E-state index is 0.772. The summed E-state index contributed by atoms with van der Waals surface area (Å²) in [5.74, 6) is 1.75. The minimum absolute atomic E-state index is 0.772. The lowest BCUT2D eigenvalue weighted by Crippen LogP contribution is -2.21. The van der Waals surface area contributed by atoms with Crippen molar-refractivity contribution in [1.82, 2.24) is 0 Å². The van der Waals surface area contributed by atoms with Crippen LogP contribution in [0.1, 0.15) is 38.7 Å². The first kappa shape index (κ1) is 12.8. The van der Waals surface area contributed by atoms with Gasteiger partial charge in [0.1, 0.15) is 0 Å². The van der Waals surface area contributed by atoms with E-state index in [1.54, 1.807) is 0 Å². The van der Waals surface area contributed by atoms with Crippen molar-refractivity contribution in [3.8, 4) is 0 Å². The third kappa shape index (κ3) is 3.19. The van der Waals surface area contributed by atoms with Crippen LogP contribution in [0.4, 0.5) is 5.69 Å². The Labute approximate surface area is 109 Å². The molecule has 1 aromatic rings. The average Bonchev–Trinajstić information content (AvgIpc) is 2.23. The van der Waals surface area contributed by atoms with Crippen LogP contribution in [-0.2, 0) is 0 Å². The van der Waals surface area contributed by atoms with Crippen LogP contribution >= 0.6 is 11.8 Å². The number of thioether (sulfide) groups is 1. The quantitative estimate of drug-likeness (QED) is 0.781. The molecule has 94 valence electrons. The van der Waals surface area contributed by atoms with E-state index in [0.29, 0.717) is 0 Å². The highest BCUT2D eigenvalue weighted by atomic mass is 32.2. The second-order valence-corrected chi connectivity index (χ2v) is 6.97. The van der Waals surface area contributed by atoms with E-state index in [-0.39, 0.29) is 0 Å². The van der Waals surface area contributed by atoms with Gasteiger partial charge in [-0.1, -0.05) is 19.9 Å². The molecule has 0 radical (unpaired) electrons. The molecule has 1 aliphatic rings. The molecule has 1 saturated carbocycles. The Bertz CT molecular complexity index is 379. The van der Waals surface area contributed by atoms with Crippen LogP contribution in [0.15, 0.2) is 23.1 Å². The summed E-state index contributed by atoms with van der Waals surface area (Å²) in [7, 11) is 0. The second-order valence-electron chi connectivity index (χ2n) is 5.63. The highest BCUT2D eigenvalue weighted by molar-refractivity contribution is 8.00. The number of nitrogen functional groups attached to an aromatic ring is 1. The number of hydrogen-bond acceptors (Lipinski definition) is 2. The van der Waals surface area contributed by atoms with Crippen molar-refractivity contribution in [2.45, 2.75) is 50.2 Å². The molecule has 2 heteroatoms. The van der Waals surface area contributed by atoms with Crippen LogP contribution in [0.25, 0.3) is 0 Å². The van der Waals surface area contributed by atoms with E-state index in [0.717, 1.165) is 22.8 Å². The zero-order chi connectivity index (χ0) is 12.4. The molecule has 0 aliphatic heterocycles. The van der Waals surface area contributed by atoms with Crippen molar-refractivity contribution >= 4 is 17.4 Å². The van der Waals surface area contributed by atoms with Gasteiger partial charge in [0.05, 0.1) is 0 Å². The summed E-state index contributed by atoms with van der Waals surface area (Å²) in [6.45, 7) is 6.90. The molecule has 1 aromatic carbocycles. The van der Waals surface area contributed by atoms with Gasteiger partial charge in [0.25, 0.3) is 0 Å². The fraction of sp³-hybridized carbons (Fsp3) is 0.600. The molecule has 0 heterocycles. The predicted molar refractivity (Wildman–Crippen MR) is 77.4 cm³/mol. The van der Waals surface area contributed by atoms with Crippen LogP contribution in [0.5, 0.6) is 0 Å². The highest BCUT2D eigenvalue weighted by Gasteiger charge is 2.24. The number of nitrogens with two attached hydrogens (primary N) is 1. The van der Waals surface area contributed by atoms with E-state index in [1.807, 2.05) is 17.8 Å². The Morgan fingerprint density at radius 1 is 1.12 bits per heavy atom. The Hall–Kier alpha value is -0.630. The monoisotopic (exact) mass is 249 g/mol. The summed E-state index contributed by atoms with van der Waals surface area (Å²) < 4.78 is 0. The maximum Gasteiger partial charge on any atom is 0.0354 e. The molecule has 2 atom stereocenters. The molecule has 1 nitrogen and oxygen atoms in total. The predicted octanol–water partition coefficient (Wildman–Crippen LogP) is 4.49. The van der Waals surface area contributed by atoms with E-state index in [9.17, 15) is 0 Å². The Kier molecular flexibility index (Phi) is 4.03. The normalized spacial score (nSPS) is 29.2. The number of anilines is 1. The fourth-order valence-electron chi connectivity index (χ4n) is 2.91. The summed E-state index contributed by atoms with van der Waals surface area (Å²) >= 11 is 2.03. The van der Waals surface area contributed by atoms with Gasteiger partial charge in [0, 0.05) is 15.8 Å². The Morgan fingerprint density at radius 3 is 2.41 bits per heavy atom. The maximum atomic E-state index is 5.97. The first-order chi connectivity index (χ1) is 8.06. The summed E-state index contributed by atoms with van der Waals surface area (Å²) in [6.07, 6.45) is 4.10. The van der Waals surface area contributed by atoms with Gasteiger partial charge in [-0.3, -0.25) is 0 Å². The van der Waals surface area contributed by atoms with Crippen molar-refractivity contribution in [1.29, 1.82) is 0 Å². The molecule has 0 aromatic heterocycles. The summed E-state index contributed by atoms with van der Waals surface area (Å²) in [5, 5.41) is 0.772. The summed E-state index contributed by atoms with van der Waals surface area (Å²) in [6, 6.07) is 6.27. The smallest absolute Gasteiger partial charge is 0.0354 e. The number of benzene rings is 1. The van der Waals surface area contributed by atoms with Crippen molar-refractivity contribution in [2.24, 2.45) is 11.8 Å². The van der Waals surface area contributed by atoms with Crippen molar-refractivity contribution in [2.75, 3.05) is 5.73 Å². The summed E-state index contributed by atoms with van der Waals surface area (Å²) in [5.41, 5.74) is 8.14. The second kappa shape index (κ2) is 5.34. The van der Waals surface area contributed by atoms with Crippen LogP contribution < -0.4 is 5.73 Å². The van der Waals surface area contributed by atoms with E-state index in [1.165, 1.54) is 29.7 Å². The van der Waals surface area contributed by atoms with Crippen molar-refractivity contribution in [3.05, 3.63) is 23.8 Å². The van der Waals surface area contributed by atoms with Crippen LogP contribution in [0, 0.1) is 18.8 Å². The van der Waals surface area contributed by atoms with E-state index in [4.69, 9.17) is 5.73 Å². The molecule has 2 rings (SSSR count). The standard InChI is InChI=1S/C15H23NS/c1-10-7-11(2)9-13(8-10)17-15-6-4-5-14(16)12(15)3/h4-6,10-11,13H,7-9,16H2,1-3H3. The lowest BCUT2D eigenvalue weighted by molar-refractivity contribution is 0.309.